The van der Waals surface area contributed by atoms with Crippen molar-refractivity contribution in [3.63, 3.8) is 0 Å². The summed E-state index contributed by atoms with van der Waals surface area (Å²) in [5, 5.41) is 0. The molecule has 3 nitrogen and oxygen atoms in total. The first-order valence-electron chi connectivity index (χ1n) is 9.26. The van der Waals surface area contributed by atoms with Gasteiger partial charge in [-0.05, 0) is 41.3 Å². The zero-order valence-electron chi connectivity index (χ0n) is 16.7. The van der Waals surface area contributed by atoms with Gasteiger partial charge < -0.3 is 9.47 Å². The molecule has 0 saturated carbocycles. The lowest BCUT2D eigenvalue weighted by atomic mass is 9.87. The van der Waals surface area contributed by atoms with Gasteiger partial charge >= 0.3 is 0 Å². The molecule has 0 aromatic heterocycles. The average molecular weight is 388 g/mol. The minimum Gasteiger partial charge on any atom is -0.486 e. The van der Waals surface area contributed by atoms with Crippen molar-refractivity contribution in [2.75, 3.05) is 26.8 Å². The fraction of sp³-hybridized carbons (Fsp3) is 0.391. The van der Waals surface area contributed by atoms with Crippen LogP contribution in [0.4, 0.5) is 0 Å². The molecular weight excluding hydrogens is 358 g/mol. The molecule has 2 aromatic rings. The second-order valence-corrected chi connectivity index (χ2v) is 7.95. The molecule has 1 aliphatic rings. The molecule has 0 amide bonds. The standard InChI is InChI=1S/C23H29NO2.ClH/c1-23(2,3)20-10-7-18(8-11-20)6-5-13-24(4)17-19-9-12-21-22(16-19)26-15-14-25-21;/h5-12,16H,13-15,17H2,1-4H3;1H/b6-5+;. The summed E-state index contributed by atoms with van der Waals surface area (Å²) in [6.07, 6.45) is 4.40. The van der Waals surface area contributed by atoms with Crippen molar-refractivity contribution in [1.29, 1.82) is 0 Å². The lowest BCUT2D eigenvalue weighted by molar-refractivity contribution is 0.171. The lowest BCUT2D eigenvalue weighted by Crippen LogP contribution is -2.19. The minimum absolute atomic E-state index is 0. The van der Waals surface area contributed by atoms with Crippen molar-refractivity contribution in [3.8, 4) is 11.5 Å². The van der Waals surface area contributed by atoms with Crippen molar-refractivity contribution in [3.05, 3.63) is 65.2 Å². The van der Waals surface area contributed by atoms with Gasteiger partial charge in [-0.1, -0.05) is 63.3 Å². The summed E-state index contributed by atoms with van der Waals surface area (Å²) in [7, 11) is 2.13. The Kier molecular flexibility index (Phi) is 7.34. The molecule has 0 bridgehead atoms. The van der Waals surface area contributed by atoms with Crippen LogP contribution in [-0.2, 0) is 12.0 Å². The maximum absolute atomic E-state index is 5.66. The fourth-order valence-electron chi connectivity index (χ4n) is 3.03. The Bertz CT molecular complexity index is 763. The first-order valence-corrected chi connectivity index (χ1v) is 9.26. The van der Waals surface area contributed by atoms with Crippen molar-refractivity contribution in [2.24, 2.45) is 0 Å². The normalized spacial score (nSPS) is 13.7. The van der Waals surface area contributed by atoms with Crippen molar-refractivity contribution >= 4 is 18.5 Å². The number of rotatable bonds is 5. The summed E-state index contributed by atoms with van der Waals surface area (Å²) >= 11 is 0. The first-order chi connectivity index (χ1) is 12.4. The Morgan fingerprint density at radius 3 is 2.30 bits per heavy atom. The highest BCUT2D eigenvalue weighted by Gasteiger charge is 2.13. The smallest absolute Gasteiger partial charge is 0.161 e. The Morgan fingerprint density at radius 2 is 1.63 bits per heavy atom. The quantitative estimate of drug-likeness (QED) is 0.692. The monoisotopic (exact) mass is 387 g/mol. The molecule has 146 valence electrons. The SMILES string of the molecule is CN(C/C=C/c1ccc(C(C)(C)C)cc1)Cc1ccc2c(c1)OCCO2.Cl. The zero-order chi connectivity index (χ0) is 18.6. The summed E-state index contributed by atoms with van der Waals surface area (Å²) in [4.78, 5) is 2.28. The summed E-state index contributed by atoms with van der Waals surface area (Å²) in [6, 6.07) is 15.0. The van der Waals surface area contributed by atoms with Crippen LogP contribution in [0.25, 0.3) is 6.08 Å². The highest BCUT2D eigenvalue weighted by molar-refractivity contribution is 5.85. The number of likely N-dealkylation sites (N-methyl/N-ethyl adjacent to an activating group) is 1. The molecule has 1 aliphatic heterocycles. The fourth-order valence-corrected chi connectivity index (χ4v) is 3.03. The molecule has 2 aromatic carbocycles. The Hall–Kier alpha value is -1.97. The van der Waals surface area contributed by atoms with E-state index in [2.05, 4.69) is 81.3 Å². The number of halogens is 1. The van der Waals surface area contributed by atoms with Gasteiger partial charge in [0.05, 0.1) is 0 Å². The number of nitrogens with zero attached hydrogens (tertiary/aromatic N) is 1. The molecule has 0 N–H and O–H groups in total. The molecule has 0 fully saturated rings. The van der Waals surface area contributed by atoms with Crippen LogP contribution >= 0.6 is 12.4 Å². The van der Waals surface area contributed by atoms with Crippen LogP contribution in [0.3, 0.4) is 0 Å². The number of hydrogen-bond acceptors (Lipinski definition) is 3. The summed E-state index contributed by atoms with van der Waals surface area (Å²) < 4.78 is 11.2. The molecule has 1 heterocycles. The van der Waals surface area contributed by atoms with Gasteiger partial charge in [0.2, 0.25) is 0 Å². The highest BCUT2D eigenvalue weighted by atomic mass is 35.5. The largest absolute Gasteiger partial charge is 0.486 e. The molecule has 0 radical (unpaired) electrons. The van der Waals surface area contributed by atoms with E-state index in [4.69, 9.17) is 9.47 Å². The van der Waals surface area contributed by atoms with Crippen molar-refractivity contribution in [1.82, 2.24) is 4.90 Å². The maximum Gasteiger partial charge on any atom is 0.161 e. The third-order valence-electron chi connectivity index (χ3n) is 4.56. The molecule has 0 spiro atoms. The average Bonchev–Trinajstić information content (AvgIpc) is 2.61. The summed E-state index contributed by atoms with van der Waals surface area (Å²) in [5.41, 5.74) is 4.04. The van der Waals surface area contributed by atoms with Gasteiger partial charge in [-0.2, -0.15) is 0 Å². The third-order valence-corrected chi connectivity index (χ3v) is 4.56. The van der Waals surface area contributed by atoms with Crippen molar-refractivity contribution in [2.45, 2.75) is 32.7 Å². The van der Waals surface area contributed by atoms with E-state index in [9.17, 15) is 0 Å². The van der Waals surface area contributed by atoms with Crippen LogP contribution < -0.4 is 9.47 Å². The van der Waals surface area contributed by atoms with E-state index in [0.29, 0.717) is 13.2 Å². The molecular formula is C23H30ClNO2. The van der Waals surface area contributed by atoms with Crippen molar-refractivity contribution < 1.29 is 9.47 Å². The molecule has 0 atom stereocenters. The van der Waals surface area contributed by atoms with E-state index >= 15 is 0 Å². The second-order valence-electron chi connectivity index (χ2n) is 7.95. The molecule has 0 saturated heterocycles. The zero-order valence-corrected chi connectivity index (χ0v) is 17.5. The van der Waals surface area contributed by atoms with Crippen LogP contribution in [-0.4, -0.2) is 31.7 Å². The van der Waals surface area contributed by atoms with Crippen LogP contribution in [0.1, 0.15) is 37.5 Å². The molecule has 0 unspecified atom stereocenters. The van der Waals surface area contributed by atoms with Gasteiger partial charge in [-0.15, -0.1) is 12.4 Å². The molecule has 3 rings (SSSR count). The Labute approximate surface area is 169 Å². The number of fused-ring (bicyclic) bond motifs is 1. The Morgan fingerprint density at radius 1 is 0.963 bits per heavy atom. The highest BCUT2D eigenvalue weighted by Crippen LogP contribution is 2.31. The van der Waals surface area contributed by atoms with E-state index < -0.39 is 0 Å². The lowest BCUT2D eigenvalue weighted by Gasteiger charge is -2.20. The van der Waals surface area contributed by atoms with E-state index in [1.165, 1.54) is 16.7 Å². The van der Waals surface area contributed by atoms with Crippen LogP contribution in [0, 0.1) is 0 Å². The van der Waals surface area contributed by atoms with Gasteiger partial charge in [-0.3, -0.25) is 4.90 Å². The summed E-state index contributed by atoms with van der Waals surface area (Å²) in [5.74, 6) is 1.71. The predicted octanol–water partition coefficient (Wildman–Crippen LogP) is 5.32. The topological polar surface area (TPSA) is 21.7 Å². The number of benzene rings is 2. The predicted molar refractivity (Wildman–Crippen MR) is 115 cm³/mol. The number of ether oxygens (including phenoxy) is 2. The second kappa shape index (κ2) is 9.29. The van der Waals surface area contributed by atoms with E-state index in [1.807, 2.05) is 6.07 Å². The molecule has 0 aliphatic carbocycles. The van der Waals surface area contributed by atoms with Gasteiger partial charge in [-0.25, -0.2) is 0 Å². The van der Waals surface area contributed by atoms with E-state index in [0.717, 1.165) is 24.6 Å². The summed E-state index contributed by atoms with van der Waals surface area (Å²) in [6.45, 7) is 9.76. The van der Waals surface area contributed by atoms with Gasteiger partial charge in [0.1, 0.15) is 13.2 Å². The maximum atomic E-state index is 5.66. The van der Waals surface area contributed by atoms with Gasteiger partial charge in [0, 0.05) is 13.1 Å². The third kappa shape index (κ3) is 6.02. The first kappa shape index (κ1) is 21.3. The molecule has 27 heavy (non-hydrogen) atoms. The van der Waals surface area contributed by atoms with Gasteiger partial charge in [0.25, 0.3) is 0 Å². The Balaban J connectivity index is 0.00000261. The van der Waals surface area contributed by atoms with Crippen LogP contribution in [0.2, 0.25) is 0 Å². The minimum atomic E-state index is 0. The van der Waals surface area contributed by atoms with Crippen LogP contribution in [0.15, 0.2) is 48.5 Å². The number of hydrogen-bond donors (Lipinski definition) is 0. The van der Waals surface area contributed by atoms with Crippen LogP contribution in [0.5, 0.6) is 11.5 Å². The van der Waals surface area contributed by atoms with E-state index in [-0.39, 0.29) is 17.8 Å². The van der Waals surface area contributed by atoms with E-state index in [1.54, 1.807) is 0 Å². The molecule has 4 heteroatoms. The van der Waals surface area contributed by atoms with Gasteiger partial charge in [0.15, 0.2) is 11.5 Å².